The zero-order valence-corrected chi connectivity index (χ0v) is 22.2. The molecule has 2 saturated heterocycles. The molecule has 1 amide bonds. The predicted molar refractivity (Wildman–Crippen MR) is 140 cm³/mol. The summed E-state index contributed by atoms with van der Waals surface area (Å²) in [7, 11) is -1.05. The van der Waals surface area contributed by atoms with Crippen LogP contribution in [0.5, 0.6) is 0 Å². The number of carbonyl (C=O) groups is 4. The van der Waals surface area contributed by atoms with E-state index in [-0.39, 0.29) is 29.3 Å². The fourth-order valence-electron chi connectivity index (χ4n) is 5.60. The fourth-order valence-corrected chi connectivity index (χ4v) is 8.98. The summed E-state index contributed by atoms with van der Waals surface area (Å²) in [6.45, 7) is 0.0165. The van der Waals surface area contributed by atoms with Crippen LogP contribution in [0.4, 0.5) is 0 Å². The molecule has 2 heterocycles. The maximum atomic E-state index is 13.9. The average molecular weight is 542 g/mol. The summed E-state index contributed by atoms with van der Waals surface area (Å²) in [5, 5.41) is 2.36. The molecule has 2 atom stereocenters. The summed E-state index contributed by atoms with van der Waals surface area (Å²) >= 11 is 0. The Morgan fingerprint density at radius 1 is 0.947 bits per heavy atom. The van der Waals surface area contributed by atoms with Crippen molar-refractivity contribution in [3.05, 3.63) is 71.8 Å². The number of likely N-dealkylation sites (N-methyl/N-ethyl adjacent to an activating group) is 1. The number of esters is 1. The number of hydrogen-bond acceptors (Lipinski definition) is 7. The minimum Gasteiger partial charge on any atom is -0.447 e. The van der Waals surface area contributed by atoms with Gasteiger partial charge in [0.05, 0.1) is 13.5 Å². The Labute approximate surface area is 223 Å². The van der Waals surface area contributed by atoms with Gasteiger partial charge in [0.2, 0.25) is 19.2 Å². The first-order valence-electron chi connectivity index (χ1n) is 13.0. The van der Waals surface area contributed by atoms with Gasteiger partial charge in [0.15, 0.2) is 5.37 Å². The molecule has 1 N–H and O–H groups in total. The number of hydrogen-bond donors (Lipinski definition) is 1. The van der Waals surface area contributed by atoms with E-state index in [2.05, 4.69) is 5.32 Å². The van der Waals surface area contributed by atoms with Gasteiger partial charge in [-0.05, 0) is 18.4 Å². The van der Waals surface area contributed by atoms with Crippen LogP contribution in [0, 0.1) is 5.92 Å². The summed E-state index contributed by atoms with van der Waals surface area (Å²) < 4.78 is 17.5. The summed E-state index contributed by atoms with van der Waals surface area (Å²) in [5.74, 6) is -2.01. The van der Waals surface area contributed by atoms with Crippen LogP contribution >= 0.6 is 10.8 Å². The normalized spacial score (nSPS) is 28.2. The van der Waals surface area contributed by atoms with Crippen molar-refractivity contribution in [3.63, 3.8) is 0 Å². The second-order valence-corrected chi connectivity index (χ2v) is 13.1. The van der Waals surface area contributed by atoms with E-state index in [1.165, 1.54) is 0 Å². The van der Waals surface area contributed by atoms with Crippen molar-refractivity contribution in [1.29, 1.82) is 0 Å². The molecule has 2 aliphatic heterocycles. The highest BCUT2D eigenvalue weighted by atomic mass is 32.3. The van der Waals surface area contributed by atoms with Crippen molar-refractivity contribution in [2.75, 3.05) is 20.1 Å². The zero-order chi connectivity index (χ0) is 26.8. The topological polar surface area (TPSA) is 108 Å². The molecule has 38 heavy (non-hydrogen) atoms. The van der Waals surface area contributed by atoms with Crippen molar-refractivity contribution in [3.8, 4) is 0 Å². The molecule has 3 fully saturated rings. The van der Waals surface area contributed by atoms with Crippen LogP contribution in [0.15, 0.2) is 60.7 Å². The molecule has 2 unspecified atom stereocenters. The van der Waals surface area contributed by atoms with Gasteiger partial charge in [-0.25, -0.2) is 9.59 Å². The van der Waals surface area contributed by atoms with E-state index in [0.717, 1.165) is 37.7 Å². The molecule has 2 aromatic rings. The highest BCUT2D eigenvalue weighted by Crippen LogP contribution is 2.70. The second kappa shape index (κ2) is 10.8. The smallest absolute Gasteiger partial charge is 0.390 e. The van der Waals surface area contributed by atoms with E-state index in [1.54, 1.807) is 31.3 Å². The van der Waals surface area contributed by atoms with Gasteiger partial charge in [0, 0.05) is 22.3 Å². The number of benzene rings is 2. The number of nitrogens with zero attached hydrogens (tertiary/aromatic N) is 1. The Hall–Kier alpha value is -3.37. The lowest BCUT2D eigenvalue weighted by atomic mass is 9.89. The van der Waals surface area contributed by atoms with Gasteiger partial charge in [0.1, 0.15) is 0 Å². The van der Waals surface area contributed by atoms with E-state index in [0.29, 0.717) is 5.56 Å². The number of carbonyl (C=O) groups excluding carboxylic acids is 4. The van der Waals surface area contributed by atoms with E-state index >= 15 is 0 Å². The van der Waals surface area contributed by atoms with Crippen LogP contribution in [0.25, 0.3) is 0 Å². The molecule has 0 radical (unpaired) electrons. The third kappa shape index (κ3) is 5.15. The van der Waals surface area contributed by atoms with Crippen LogP contribution in [0.3, 0.4) is 0 Å². The number of fused-ring (bicyclic) bond motifs is 1. The third-order valence-corrected chi connectivity index (χ3v) is 10.9. The highest BCUT2D eigenvalue weighted by Gasteiger charge is 2.66. The maximum Gasteiger partial charge on any atom is 0.390 e. The van der Waals surface area contributed by atoms with Gasteiger partial charge in [0.25, 0.3) is 5.91 Å². The van der Waals surface area contributed by atoms with E-state index in [4.69, 9.17) is 13.1 Å². The Kier molecular flexibility index (Phi) is 7.45. The molecule has 3 aliphatic rings. The molecule has 10 heteroatoms. The van der Waals surface area contributed by atoms with Gasteiger partial charge in [-0.15, -0.1) is 0 Å². The number of rotatable bonds is 8. The zero-order valence-electron chi connectivity index (χ0n) is 21.4. The summed E-state index contributed by atoms with van der Waals surface area (Å²) in [4.78, 5) is 51.9. The lowest BCUT2D eigenvalue weighted by Gasteiger charge is -2.48. The average Bonchev–Trinajstić information content (AvgIpc) is 3.30. The van der Waals surface area contributed by atoms with Crippen molar-refractivity contribution >= 4 is 34.6 Å². The van der Waals surface area contributed by atoms with Crippen molar-refractivity contribution in [2.45, 2.75) is 50.0 Å². The van der Waals surface area contributed by atoms with Gasteiger partial charge < -0.3 is 10.1 Å². The summed E-state index contributed by atoms with van der Waals surface area (Å²) in [6, 6.07) is 18.0. The van der Waals surface area contributed by atoms with Gasteiger partial charge in [-0.3, -0.25) is 18.0 Å². The van der Waals surface area contributed by atoms with Gasteiger partial charge in [-0.2, -0.15) is 3.89 Å². The standard InChI is InChI=1S/C28H32N2O7S/c1-30-18-24(32)36-38(30,37-25(33)19-30)28(22-15-9-4-10-16-22)29-27(34)26(21-13-7-3-8-14-21)35-23(31)17-20-11-5-2-6-12-20/h2-3,5-8,11-14,22,26,28H,4,9-10,15-19H2,1H3/p+1. The van der Waals surface area contributed by atoms with E-state index in [9.17, 15) is 19.2 Å². The maximum absolute atomic E-state index is 13.9. The molecule has 2 aromatic carbocycles. The number of quaternary nitrogens is 1. The fraction of sp³-hybridized carbons (Fsp3) is 0.429. The second-order valence-electron chi connectivity index (χ2n) is 10.3. The minimum absolute atomic E-state index is 0.00406. The van der Waals surface area contributed by atoms with Crippen LogP contribution in [-0.4, -0.2) is 53.2 Å². The Bertz CT molecular complexity index is 1180. The van der Waals surface area contributed by atoms with Crippen LogP contribution < -0.4 is 5.32 Å². The van der Waals surface area contributed by atoms with Crippen LogP contribution in [0.1, 0.15) is 49.3 Å². The first-order chi connectivity index (χ1) is 18.3. The number of nitrogens with one attached hydrogen (secondary N) is 1. The molecular weight excluding hydrogens is 508 g/mol. The van der Waals surface area contributed by atoms with E-state index < -0.39 is 46.1 Å². The largest absolute Gasteiger partial charge is 0.447 e. The lowest BCUT2D eigenvalue weighted by molar-refractivity contribution is -0.758. The highest BCUT2D eigenvalue weighted by molar-refractivity contribution is 8.22. The van der Waals surface area contributed by atoms with Gasteiger partial charge >= 0.3 is 17.9 Å². The van der Waals surface area contributed by atoms with Crippen molar-refractivity contribution in [1.82, 2.24) is 5.32 Å². The third-order valence-electron chi connectivity index (χ3n) is 7.43. The molecule has 9 nitrogen and oxygen atoms in total. The quantitative estimate of drug-likeness (QED) is 0.402. The first-order valence-corrected chi connectivity index (χ1v) is 14.5. The predicted octanol–water partition coefficient (Wildman–Crippen LogP) is 3.65. The number of amides is 1. The van der Waals surface area contributed by atoms with Crippen molar-refractivity contribution in [2.24, 2.45) is 5.92 Å². The SMILES string of the molecule is C[N+]12CC(=O)OS1(C(NC(=O)C(OC(=O)Cc1ccccc1)c1ccccc1)C1CCCCC1)OC(=O)C2. The monoisotopic (exact) mass is 541 g/mol. The minimum atomic E-state index is -2.83. The number of ether oxygens (including phenoxy) is 1. The van der Waals surface area contributed by atoms with Crippen LogP contribution in [-0.2, 0) is 38.7 Å². The van der Waals surface area contributed by atoms with Gasteiger partial charge in [-0.1, -0.05) is 79.9 Å². The van der Waals surface area contributed by atoms with Crippen LogP contribution in [0.2, 0.25) is 0 Å². The molecule has 1 saturated carbocycles. The molecule has 1 aliphatic carbocycles. The van der Waals surface area contributed by atoms with E-state index in [1.807, 2.05) is 36.4 Å². The molecule has 5 rings (SSSR count). The molecule has 0 spiro atoms. The molecule has 202 valence electrons. The molecule has 0 aromatic heterocycles. The Morgan fingerprint density at radius 2 is 1.53 bits per heavy atom. The molecule has 0 bridgehead atoms. The van der Waals surface area contributed by atoms with Crippen molar-refractivity contribution < 1.29 is 36.2 Å². The Balaban J connectivity index is 1.45. The first kappa shape index (κ1) is 26.2. The summed E-state index contributed by atoms with van der Waals surface area (Å²) in [5.41, 5.74) is 1.29. The molecular formula is C28H33N2O7S+. The lowest BCUT2D eigenvalue weighted by Crippen LogP contribution is -2.53. The summed E-state index contributed by atoms with van der Waals surface area (Å²) in [6.07, 6.45) is 3.41. The Morgan fingerprint density at radius 3 is 2.13 bits per heavy atom.